The van der Waals surface area contributed by atoms with Crippen molar-refractivity contribution in [2.75, 3.05) is 18.4 Å². The summed E-state index contributed by atoms with van der Waals surface area (Å²) in [6, 6.07) is 8.00. The number of benzene rings is 1. The molecular weight excluding hydrogens is 212 g/mol. The molecule has 1 aromatic rings. The summed E-state index contributed by atoms with van der Waals surface area (Å²) in [5.41, 5.74) is 2.12. The van der Waals surface area contributed by atoms with Gasteiger partial charge in [0.05, 0.1) is 0 Å². The number of carbonyl (C=O) groups is 1. The molecule has 0 spiro atoms. The maximum absolute atomic E-state index is 11.9. The summed E-state index contributed by atoms with van der Waals surface area (Å²) in [4.78, 5) is 11.9. The third-order valence-electron chi connectivity index (χ3n) is 2.75. The fourth-order valence-electron chi connectivity index (χ4n) is 1.59. The number of amides is 1. The van der Waals surface area contributed by atoms with E-state index in [9.17, 15) is 4.79 Å². The van der Waals surface area contributed by atoms with E-state index < -0.39 is 0 Å². The van der Waals surface area contributed by atoms with Crippen LogP contribution in [0.3, 0.4) is 0 Å². The van der Waals surface area contributed by atoms with Gasteiger partial charge in [-0.05, 0) is 30.7 Å². The lowest BCUT2D eigenvalue weighted by Gasteiger charge is -2.12. The summed E-state index contributed by atoms with van der Waals surface area (Å²) in [6.45, 7) is 7.69. The first-order valence-electron chi connectivity index (χ1n) is 6.27. The molecule has 0 radical (unpaired) electrons. The minimum absolute atomic E-state index is 0.0137. The Kier molecular flexibility index (Phi) is 5.70. The average molecular weight is 234 g/mol. The summed E-state index contributed by atoms with van der Waals surface area (Å²) >= 11 is 0. The third kappa shape index (κ3) is 4.57. The number of anilines is 1. The van der Waals surface area contributed by atoms with Crippen molar-refractivity contribution in [3.63, 3.8) is 0 Å². The van der Waals surface area contributed by atoms with E-state index in [2.05, 4.69) is 23.6 Å². The molecule has 1 aromatic carbocycles. The Hall–Kier alpha value is -1.35. The van der Waals surface area contributed by atoms with Crippen LogP contribution in [-0.2, 0) is 11.2 Å². The van der Waals surface area contributed by atoms with Crippen molar-refractivity contribution in [3.8, 4) is 0 Å². The van der Waals surface area contributed by atoms with Crippen molar-refractivity contribution >= 4 is 11.6 Å². The highest BCUT2D eigenvalue weighted by Gasteiger charge is 2.12. The Morgan fingerprint density at radius 1 is 1.35 bits per heavy atom. The SMILES string of the molecule is CCNCC(C)C(=O)Nc1cccc(CC)c1. The first-order valence-corrected chi connectivity index (χ1v) is 6.27. The van der Waals surface area contributed by atoms with Crippen LogP contribution in [-0.4, -0.2) is 19.0 Å². The van der Waals surface area contributed by atoms with Gasteiger partial charge in [0.25, 0.3) is 0 Å². The molecule has 1 rings (SSSR count). The summed E-state index contributed by atoms with van der Waals surface area (Å²) in [5.74, 6) is 0.0550. The lowest BCUT2D eigenvalue weighted by Crippen LogP contribution is -2.30. The molecule has 0 aliphatic heterocycles. The summed E-state index contributed by atoms with van der Waals surface area (Å²) in [6.07, 6.45) is 0.983. The Morgan fingerprint density at radius 3 is 2.76 bits per heavy atom. The molecule has 2 N–H and O–H groups in total. The van der Waals surface area contributed by atoms with Crippen molar-refractivity contribution in [1.29, 1.82) is 0 Å². The molecule has 1 unspecified atom stereocenters. The standard InChI is InChI=1S/C14H22N2O/c1-4-12-7-6-8-13(9-12)16-14(17)11(3)10-15-5-2/h6-9,11,15H,4-5,10H2,1-3H3,(H,16,17). The van der Waals surface area contributed by atoms with E-state index in [1.165, 1.54) is 5.56 Å². The Balaban J connectivity index is 2.54. The molecule has 3 nitrogen and oxygen atoms in total. The lowest BCUT2D eigenvalue weighted by molar-refractivity contribution is -0.119. The van der Waals surface area contributed by atoms with Gasteiger partial charge in [-0.25, -0.2) is 0 Å². The largest absolute Gasteiger partial charge is 0.326 e. The van der Waals surface area contributed by atoms with E-state index in [0.717, 1.165) is 25.2 Å². The Bertz CT molecular complexity index is 363. The number of hydrogen-bond donors (Lipinski definition) is 2. The van der Waals surface area contributed by atoms with Gasteiger partial charge < -0.3 is 10.6 Å². The maximum atomic E-state index is 11.9. The van der Waals surface area contributed by atoms with E-state index in [1.54, 1.807) is 0 Å². The van der Waals surface area contributed by atoms with Gasteiger partial charge in [0.15, 0.2) is 0 Å². The third-order valence-corrected chi connectivity index (χ3v) is 2.75. The van der Waals surface area contributed by atoms with Crippen molar-refractivity contribution in [1.82, 2.24) is 5.32 Å². The summed E-state index contributed by atoms with van der Waals surface area (Å²) in [7, 11) is 0. The zero-order valence-corrected chi connectivity index (χ0v) is 10.9. The van der Waals surface area contributed by atoms with Crippen LogP contribution in [0.5, 0.6) is 0 Å². The molecule has 1 atom stereocenters. The second-order valence-corrected chi connectivity index (χ2v) is 4.25. The number of rotatable bonds is 6. The molecule has 17 heavy (non-hydrogen) atoms. The van der Waals surface area contributed by atoms with Crippen LogP contribution in [0.4, 0.5) is 5.69 Å². The molecule has 0 aliphatic carbocycles. The summed E-state index contributed by atoms with van der Waals surface area (Å²) < 4.78 is 0. The Morgan fingerprint density at radius 2 is 2.12 bits per heavy atom. The molecule has 0 fully saturated rings. The normalized spacial score (nSPS) is 12.2. The first kappa shape index (κ1) is 13.7. The molecule has 0 aliphatic rings. The second-order valence-electron chi connectivity index (χ2n) is 4.25. The molecule has 0 aromatic heterocycles. The summed E-state index contributed by atoms with van der Waals surface area (Å²) in [5, 5.41) is 6.12. The fraction of sp³-hybridized carbons (Fsp3) is 0.500. The van der Waals surface area contributed by atoms with Crippen LogP contribution in [0.25, 0.3) is 0 Å². The van der Waals surface area contributed by atoms with E-state index >= 15 is 0 Å². The molecule has 0 saturated heterocycles. The quantitative estimate of drug-likeness (QED) is 0.793. The predicted molar refractivity (Wildman–Crippen MR) is 72.2 cm³/mol. The van der Waals surface area contributed by atoms with E-state index in [1.807, 2.05) is 32.0 Å². The molecule has 0 heterocycles. The maximum Gasteiger partial charge on any atom is 0.228 e. The van der Waals surface area contributed by atoms with Gasteiger partial charge in [-0.3, -0.25) is 4.79 Å². The van der Waals surface area contributed by atoms with Crippen LogP contribution in [0.1, 0.15) is 26.3 Å². The molecule has 94 valence electrons. The van der Waals surface area contributed by atoms with Gasteiger partial charge in [0.2, 0.25) is 5.91 Å². The van der Waals surface area contributed by atoms with Crippen LogP contribution in [0.2, 0.25) is 0 Å². The monoisotopic (exact) mass is 234 g/mol. The number of carbonyl (C=O) groups excluding carboxylic acids is 1. The van der Waals surface area contributed by atoms with Gasteiger partial charge in [0, 0.05) is 18.2 Å². The number of hydrogen-bond acceptors (Lipinski definition) is 2. The molecule has 1 amide bonds. The van der Waals surface area contributed by atoms with Crippen LogP contribution in [0, 0.1) is 5.92 Å². The molecule has 0 saturated carbocycles. The fourth-order valence-corrected chi connectivity index (χ4v) is 1.59. The zero-order valence-electron chi connectivity index (χ0n) is 10.9. The minimum atomic E-state index is -0.0137. The van der Waals surface area contributed by atoms with Crippen molar-refractivity contribution in [2.45, 2.75) is 27.2 Å². The van der Waals surface area contributed by atoms with Gasteiger partial charge in [-0.15, -0.1) is 0 Å². The minimum Gasteiger partial charge on any atom is -0.326 e. The van der Waals surface area contributed by atoms with Crippen molar-refractivity contribution in [3.05, 3.63) is 29.8 Å². The molecule has 3 heteroatoms. The highest BCUT2D eigenvalue weighted by molar-refractivity contribution is 5.92. The van der Waals surface area contributed by atoms with Crippen LogP contribution < -0.4 is 10.6 Å². The second kappa shape index (κ2) is 7.07. The number of aryl methyl sites for hydroxylation is 1. The van der Waals surface area contributed by atoms with E-state index in [-0.39, 0.29) is 11.8 Å². The highest BCUT2D eigenvalue weighted by atomic mass is 16.1. The lowest BCUT2D eigenvalue weighted by atomic mass is 10.1. The predicted octanol–water partition coefficient (Wildman–Crippen LogP) is 2.43. The van der Waals surface area contributed by atoms with Crippen LogP contribution >= 0.6 is 0 Å². The van der Waals surface area contributed by atoms with Gasteiger partial charge >= 0.3 is 0 Å². The van der Waals surface area contributed by atoms with Crippen LogP contribution in [0.15, 0.2) is 24.3 Å². The molecular formula is C14H22N2O. The van der Waals surface area contributed by atoms with Crippen molar-refractivity contribution in [2.24, 2.45) is 5.92 Å². The van der Waals surface area contributed by atoms with Gasteiger partial charge in [-0.1, -0.05) is 32.9 Å². The molecule has 0 bridgehead atoms. The first-order chi connectivity index (χ1) is 8.17. The number of nitrogens with one attached hydrogen (secondary N) is 2. The van der Waals surface area contributed by atoms with Gasteiger partial charge in [0.1, 0.15) is 0 Å². The highest BCUT2D eigenvalue weighted by Crippen LogP contribution is 2.12. The average Bonchev–Trinajstić information content (AvgIpc) is 2.36. The Labute approximate surface area is 104 Å². The van der Waals surface area contributed by atoms with Crippen molar-refractivity contribution < 1.29 is 4.79 Å². The topological polar surface area (TPSA) is 41.1 Å². The van der Waals surface area contributed by atoms with Gasteiger partial charge in [-0.2, -0.15) is 0 Å². The smallest absolute Gasteiger partial charge is 0.228 e. The van der Waals surface area contributed by atoms with E-state index in [4.69, 9.17) is 0 Å². The van der Waals surface area contributed by atoms with E-state index in [0.29, 0.717) is 0 Å². The zero-order chi connectivity index (χ0) is 12.7.